The molecule has 19 heavy (non-hydrogen) atoms. The van der Waals surface area contributed by atoms with E-state index < -0.39 is 24.2 Å². The summed E-state index contributed by atoms with van der Waals surface area (Å²) >= 11 is 5.81. The van der Waals surface area contributed by atoms with E-state index in [-0.39, 0.29) is 17.0 Å². The molecule has 0 aromatic heterocycles. The Morgan fingerprint density at radius 2 is 2.16 bits per heavy atom. The van der Waals surface area contributed by atoms with Gasteiger partial charge in [0.25, 0.3) is 5.92 Å². The van der Waals surface area contributed by atoms with Crippen molar-refractivity contribution in [2.75, 3.05) is 7.11 Å². The van der Waals surface area contributed by atoms with Gasteiger partial charge in [-0.05, 0) is 24.1 Å². The van der Waals surface area contributed by atoms with Crippen LogP contribution in [0.5, 0.6) is 5.75 Å². The standard InChI is InChI=1S/C13H15ClF2O3/c1-8(5-12(17)18)7-13(15,16)10-4-3-9(19-2)6-11(10)14/h3-4,6,8H,5,7H2,1-2H3,(H,17,18). The molecule has 0 saturated carbocycles. The molecule has 1 unspecified atom stereocenters. The average Bonchev–Trinajstić information content (AvgIpc) is 2.26. The zero-order chi connectivity index (χ0) is 14.6. The summed E-state index contributed by atoms with van der Waals surface area (Å²) in [5, 5.41) is 8.50. The third kappa shape index (κ3) is 4.35. The first kappa shape index (κ1) is 15.7. The van der Waals surface area contributed by atoms with E-state index in [2.05, 4.69) is 0 Å². The molecule has 1 rings (SSSR count). The Balaban J connectivity index is 2.90. The summed E-state index contributed by atoms with van der Waals surface area (Å²) in [6.07, 6.45) is -0.866. The van der Waals surface area contributed by atoms with Crippen molar-refractivity contribution in [3.63, 3.8) is 0 Å². The number of hydrogen-bond acceptors (Lipinski definition) is 2. The normalized spacial score (nSPS) is 13.1. The molecule has 1 N–H and O–H groups in total. The molecular weight excluding hydrogens is 278 g/mol. The van der Waals surface area contributed by atoms with Crippen molar-refractivity contribution in [1.29, 1.82) is 0 Å². The molecule has 1 aromatic carbocycles. The Hall–Kier alpha value is -1.36. The highest BCUT2D eigenvalue weighted by Crippen LogP contribution is 2.40. The summed E-state index contributed by atoms with van der Waals surface area (Å²) in [6, 6.07) is 3.91. The molecule has 0 aliphatic heterocycles. The molecule has 0 bridgehead atoms. The first-order chi connectivity index (χ1) is 8.76. The zero-order valence-electron chi connectivity index (χ0n) is 10.6. The van der Waals surface area contributed by atoms with Crippen LogP contribution in [0.1, 0.15) is 25.3 Å². The number of aliphatic carboxylic acids is 1. The summed E-state index contributed by atoms with van der Waals surface area (Å²) in [6.45, 7) is 1.47. The fourth-order valence-electron chi connectivity index (χ4n) is 1.84. The largest absolute Gasteiger partial charge is 0.497 e. The lowest BCUT2D eigenvalue weighted by atomic mass is 9.95. The van der Waals surface area contributed by atoms with E-state index in [0.29, 0.717) is 5.75 Å². The lowest BCUT2D eigenvalue weighted by molar-refractivity contribution is -0.138. The van der Waals surface area contributed by atoms with Crippen molar-refractivity contribution >= 4 is 17.6 Å². The highest BCUT2D eigenvalue weighted by atomic mass is 35.5. The smallest absolute Gasteiger partial charge is 0.303 e. The number of carboxylic acid groups (broad SMARTS) is 1. The monoisotopic (exact) mass is 292 g/mol. The summed E-state index contributed by atoms with van der Waals surface area (Å²) in [7, 11) is 1.42. The van der Waals surface area contributed by atoms with Gasteiger partial charge in [-0.15, -0.1) is 0 Å². The topological polar surface area (TPSA) is 46.5 Å². The molecule has 1 aromatic rings. The fourth-order valence-corrected chi connectivity index (χ4v) is 2.15. The van der Waals surface area contributed by atoms with E-state index in [9.17, 15) is 13.6 Å². The van der Waals surface area contributed by atoms with Crippen molar-refractivity contribution in [1.82, 2.24) is 0 Å². The number of carboxylic acids is 1. The van der Waals surface area contributed by atoms with Crippen LogP contribution in [0.4, 0.5) is 8.78 Å². The van der Waals surface area contributed by atoms with Crippen LogP contribution in [0.15, 0.2) is 18.2 Å². The molecule has 0 aliphatic carbocycles. The van der Waals surface area contributed by atoms with E-state index in [1.54, 1.807) is 0 Å². The molecule has 106 valence electrons. The molecule has 0 saturated heterocycles. The van der Waals surface area contributed by atoms with E-state index in [1.807, 2.05) is 0 Å². The van der Waals surface area contributed by atoms with Crippen LogP contribution in [-0.4, -0.2) is 18.2 Å². The second-order valence-corrected chi connectivity index (χ2v) is 4.86. The van der Waals surface area contributed by atoms with Gasteiger partial charge in [-0.3, -0.25) is 4.79 Å². The highest BCUT2D eigenvalue weighted by Gasteiger charge is 2.36. The van der Waals surface area contributed by atoms with Crippen LogP contribution in [0.3, 0.4) is 0 Å². The number of methoxy groups -OCH3 is 1. The first-order valence-electron chi connectivity index (χ1n) is 5.70. The van der Waals surface area contributed by atoms with Crippen LogP contribution in [0.25, 0.3) is 0 Å². The number of rotatable bonds is 6. The lowest BCUT2D eigenvalue weighted by Gasteiger charge is -2.21. The Morgan fingerprint density at radius 1 is 1.53 bits per heavy atom. The molecule has 0 heterocycles. The lowest BCUT2D eigenvalue weighted by Crippen LogP contribution is -2.19. The minimum absolute atomic E-state index is 0.0909. The van der Waals surface area contributed by atoms with Gasteiger partial charge in [0.15, 0.2) is 0 Å². The number of alkyl halides is 2. The molecule has 3 nitrogen and oxygen atoms in total. The Morgan fingerprint density at radius 3 is 2.63 bits per heavy atom. The summed E-state index contributed by atoms with van der Waals surface area (Å²) in [4.78, 5) is 10.5. The molecular formula is C13H15ClF2O3. The van der Waals surface area contributed by atoms with Crippen molar-refractivity contribution in [2.45, 2.75) is 25.7 Å². The maximum absolute atomic E-state index is 14.0. The maximum atomic E-state index is 14.0. The van der Waals surface area contributed by atoms with Gasteiger partial charge < -0.3 is 9.84 Å². The highest BCUT2D eigenvalue weighted by molar-refractivity contribution is 6.31. The second-order valence-electron chi connectivity index (χ2n) is 4.46. The number of carbonyl (C=O) groups is 1. The van der Waals surface area contributed by atoms with Crippen LogP contribution < -0.4 is 4.74 Å². The van der Waals surface area contributed by atoms with Crippen LogP contribution >= 0.6 is 11.6 Å². The number of ether oxygens (including phenoxy) is 1. The van der Waals surface area contributed by atoms with Gasteiger partial charge in [-0.25, -0.2) is 8.78 Å². The average molecular weight is 293 g/mol. The van der Waals surface area contributed by atoms with E-state index in [0.717, 1.165) is 0 Å². The van der Waals surface area contributed by atoms with Gasteiger partial charge in [-0.2, -0.15) is 0 Å². The third-order valence-electron chi connectivity index (χ3n) is 2.70. The summed E-state index contributed by atoms with van der Waals surface area (Å²) < 4.78 is 33.0. The summed E-state index contributed by atoms with van der Waals surface area (Å²) in [5.41, 5.74) is -0.313. The van der Waals surface area contributed by atoms with Gasteiger partial charge >= 0.3 is 5.97 Å². The number of halogens is 3. The molecule has 6 heteroatoms. The molecule has 0 fully saturated rings. The zero-order valence-corrected chi connectivity index (χ0v) is 11.4. The van der Waals surface area contributed by atoms with E-state index in [1.165, 1.54) is 32.2 Å². The van der Waals surface area contributed by atoms with Gasteiger partial charge in [-0.1, -0.05) is 18.5 Å². The van der Waals surface area contributed by atoms with Crippen LogP contribution in [0, 0.1) is 5.92 Å². The molecule has 0 radical (unpaired) electrons. The predicted octanol–water partition coefficient (Wildman–Crippen LogP) is 3.94. The van der Waals surface area contributed by atoms with E-state index >= 15 is 0 Å². The van der Waals surface area contributed by atoms with E-state index in [4.69, 9.17) is 21.4 Å². The maximum Gasteiger partial charge on any atom is 0.303 e. The van der Waals surface area contributed by atoms with Crippen molar-refractivity contribution < 1.29 is 23.4 Å². The molecule has 0 aliphatic rings. The Bertz CT molecular complexity index is 463. The second kappa shape index (κ2) is 6.19. The van der Waals surface area contributed by atoms with Crippen molar-refractivity contribution in [2.24, 2.45) is 5.92 Å². The van der Waals surface area contributed by atoms with Crippen molar-refractivity contribution in [3.8, 4) is 5.75 Å². The summed E-state index contributed by atoms with van der Waals surface area (Å²) in [5.74, 6) is -4.52. The van der Waals surface area contributed by atoms with Gasteiger partial charge in [0.1, 0.15) is 5.75 Å². The van der Waals surface area contributed by atoms with Gasteiger partial charge in [0, 0.05) is 18.4 Å². The third-order valence-corrected chi connectivity index (χ3v) is 3.01. The first-order valence-corrected chi connectivity index (χ1v) is 6.07. The van der Waals surface area contributed by atoms with Gasteiger partial charge in [0.2, 0.25) is 0 Å². The quantitative estimate of drug-likeness (QED) is 0.864. The van der Waals surface area contributed by atoms with Gasteiger partial charge in [0.05, 0.1) is 12.1 Å². The minimum Gasteiger partial charge on any atom is -0.497 e. The fraction of sp³-hybridized carbons (Fsp3) is 0.462. The molecule has 0 spiro atoms. The molecule has 0 amide bonds. The Labute approximate surface area is 115 Å². The van der Waals surface area contributed by atoms with Crippen molar-refractivity contribution in [3.05, 3.63) is 28.8 Å². The van der Waals surface area contributed by atoms with Crippen LogP contribution in [-0.2, 0) is 10.7 Å². The number of benzene rings is 1. The predicted molar refractivity (Wildman–Crippen MR) is 67.9 cm³/mol. The Kier molecular flexibility index (Phi) is 5.11. The SMILES string of the molecule is COc1ccc(C(F)(F)CC(C)CC(=O)O)c(Cl)c1. The van der Waals surface area contributed by atoms with Crippen LogP contribution in [0.2, 0.25) is 5.02 Å². The number of hydrogen-bond donors (Lipinski definition) is 1. The minimum atomic E-state index is -3.17. The molecule has 1 atom stereocenters.